The van der Waals surface area contributed by atoms with Gasteiger partial charge in [0.15, 0.2) is 0 Å². The second kappa shape index (κ2) is 9.49. The van der Waals surface area contributed by atoms with Gasteiger partial charge in [0, 0.05) is 33.4 Å². The van der Waals surface area contributed by atoms with Crippen LogP contribution in [-0.2, 0) is 6.54 Å². The highest BCUT2D eigenvalue weighted by Gasteiger charge is 2.19. The highest BCUT2D eigenvalue weighted by molar-refractivity contribution is 6.35. The van der Waals surface area contributed by atoms with E-state index in [1.54, 1.807) is 24.5 Å². The maximum Gasteiger partial charge on any atom is 0.256 e. The first-order valence-electron chi connectivity index (χ1n) is 11.0. The number of nitrogens with one attached hydrogen (secondary N) is 1. The number of carbonyl (C=O) groups excluding carboxylic acids is 1. The molecule has 0 bridgehead atoms. The molecule has 35 heavy (non-hydrogen) atoms. The lowest BCUT2D eigenvalue weighted by atomic mass is 10.0. The molecular formula is C27H21Cl2N5O. The molecule has 0 spiro atoms. The molecule has 1 amide bonds. The van der Waals surface area contributed by atoms with Crippen molar-refractivity contribution in [3.63, 3.8) is 0 Å². The third-order valence-electron chi connectivity index (χ3n) is 5.89. The number of amides is 1. The summed E-state index contributed by atoms with van der Waals surface area (Å²) in [4.78, 5) is 22.4. The Morgan fingerprint density at radius 3 is 2.54 bits per heavy atom. The van der Waals surface area contributed by atoms with E-state index < -0.39 is 0 Å². The second-order valence-electron chi connectivity index (χ2n) is 8.20. The van der Waals surface area contributed by atoms with Crippen LogP contribution in [0, 0.1) is 13.8 Å². The van der Waals surface area contributed by atoms with E-state index in [1.807, 2.05) is 67.1 Å². The van der Waals surface area contributed by atoms with Crippen molar-refractivity contribution in [1.82, 2.24) is 19.7 Å². The van der Waals surface area contributed by atoms with Gasteiger partial charge in [-0.15, -0.1) is 0 Å². The van der Waals surface area contributed by atoms with Crippen molar-refractivity contribution >= 4 is 45.7 Å². The Morgan fingerprint density at radius 1 is 1.00 bits per heavy atom. The normalized spacial score (nSPS) is 11.1. The molecule has 2 aromatic carbocycles. The van der Waals surface area contributed by atoms with Crippen molar-refractivity contribution < 1.29 is 4.79 Å². The molecule has 0 unspecified atom stereocenters. The van der Waals surface area contributed by atoms with E-state index in [4.69, 9.17) is 28.2 Å². The van der Waals surface area contributed by atoms with E-state index in [0.29, 0.717) is 39.2 Å². The Labute approximate surface area is 212 Å². The average molecular weight is 502 g/mol. The number of pyridine rings is 2. The third-order valence-corrected chi connectivity index (χ3v) is 6.48. The molecule has 5 rings (SSSR count). The van der Waals surface area contributed by atoms with Crippen molar-refractivity contribution in [2.45, 2.75) is 20.4 Å². The summed E-state index contributed by atoms with van der Waals surface area (Å²) < 4.78 is 1.83. The Morgan fingerprint density at radius 2 is 1.77 bits per heavy atom. The van der Waals surface area contributed by atoms with E-state index in [0.717, 1.165) is 27.7 Å². The largest absolute Gasteiger partial charge is 0.319 e. The maximum atomic E-state index is 13.6. The van der Waals surface area contributed by atoms with Crippen LogP contribution in [0.1, 0.15) is 27.3 Å². The standard InChI is InChI=1S/C27H21Cl2N5O/c1-16-26(17(2)34(33-16)15-19-7-8-20(28)13-23(19)29)32-27(35)22-14-25(18-9-11-30-12-10-18)31-24-6-4-3-5-21(22)24/h3-14H,15H2,1-2H3,(H,32,35). The summed E-state index contributed by atoms with van der Waals surface area (Å²) in [5.74, 6) is -0.228. The Kier molecular flexibility index (Phi) is 6.24. The minimum absolute atomic E-state index is 0.228. The molecule has 0 radical (unpaired) electrons. The number of para-hydroxylation sites is 1. The lowest BCUT2D eigenvalue weighted by Gasteiger charge is -2.11. The van der Waals surface area contributed by atoms with Gasteiger partial charge in [-0.05, 0) is 55.8 Å². The molecule has 3 aromatic heterocycles. The number of carbonyl (C=O) groups is 1. The van der Waals surface area contributed by atoms with Gasteiger partial charge in [-0.2, -0.15) is 5.10 Å². The number of halogens is 2. The van der Waals surface area contributed by atoms with Crippen LogP contribution < -0.4 is 5.32 Å². The average Bonchev–Trinajstić information content (AvgIpc) is 3.12. The van der Waals surface area contributed by atoms with Gasteiger partial charge in [-0.25, -0.2) is 4.98 Å². The van der Waals surface area contributed by atoms with Gasteiger partial charge in [0.2, 0.25) is 0 Å². The van der Waals surface area contributed by atoms with Crippen LogP contribution in [0.5, 0.6) is 0 Å². The van der Waals surface area contributed by atoms with Crippen LogP contribution in [0.15, 0.2) is 73.1 Å². The van der Waals surface area contributed by atoms with Crippen LogP contribution >= 0.6 is 23.2 Å². The quantitative estimate of drug-likeness (QED) is 0.290. The minimum Gasteiger partial charge on any atom is -0.319 e. The van der Waals surface area contributed by atoms with Gasteiger partial charge < -0.3 is 5.32 Å². The number of fused-ring (bicyclic) bond motifs is 1. The fourth-order valence-corrected chi connectivity index (χ4v) is 4.53. The highest BCUT2D eigenvalue weighted by atomic mass is 35.5. The minimum atomic E-state index is -0.228. The number of nitrogens with zero attached hydrogens (tertiary/aromatic N) is 4. The molecule has 0 aliphatic heterocycles. The van der Waals surface area contributed by atoms with Gasteiger partial charge in [0.05, 0.1) is 40.4 Å². The number of rotatable bonds is 5. The van der Waals surface area contributed by atoms with E-state index in [9.17, 15) is 4.79 Å². The van der Waals surface area contributed by atoms with Crippen molar-refractivity contribution in [1.29, 1.82) is 0 Å². The molecule has 1 N–H and O–H groups in total. The molecule has 3 heterocycles. The molecule has 0 fully saturated rings. The smallest absolute Gasteiger partial charge is 0.256 e. The zero-order chi connectivity index (χ0) is 24.5. The summed E-state index contributed by atoms with van der Waals surface area (Å²) in [7, 11) is 0. The number of benzene rings is 2. The van der Waals surface area contributed by atoms with Crippen molar-refractivity contribution in [3.8, 4) is 11.3 Å². The fraction of sp³-hybridized carbons (Fsp3) is 0.111. The molecule has 8 heteroatoms. The lowest BCUT2D eigenvalue weighted by Crippen LogP contribution is -2.14. The van der Waals surface area contributed by atoms with Crippen LogP contribution in [0.4, 0.5) is 5.69 Å². The van der Waals surface area contributed by atoms with Crippen LogP contribution in [0.3, 0.4) is 0 Å². The molecule has 5 aromatic rings. The molecule has 0 atom stereocenters. The van der Waals surface area contributed by atoms with E-state index in [1.165, 1.54) is 0 Å². The van der Waals surface area contributed by atoms with E-state index >= 15 is 0 Å². The maximum absolute atomic E-state index is 13.6. The molecule has 6 nitrogen and oxygen atoms in total. The lowest BCUT2D eigenvalue weighted by molar-refractivity contribution is 0.102. The van der Waals surface area contributed by atoms with Gasteiger partial charge in [0.25, 0.3) is 5.91 Å². The summed E-state index contributed by atoms with van der Waals surface area (Å²) >= 11 is 12.4. The van der Waals surface area contributed by atoms with Gasteiger partial charge in [-0.3, -0.25) is 14.5 Å². The number of hydrogen-bond donors (Lipinski definition) is 1. The monoisotopic (exact) mass is 501 g/mol. The van der Waals surface area contributed by atoms with Crippen LogP contribution in [0.25, 0.3) is 22.2 Å². The zero-order valence-electron chi connectivity index (χ0n) is 19.1. The molecule has 0 saturated carbocycles. The first-order chi connectivity index (χ1) is 16.9. The number of aromatic nitrogens is 4. The third kappa shape index (κ3) is 4.63. The summed E-state index contributed by atoms with van der Waals surface area (Å²) in [6.07, 6.45) is 3.42. The first kappa shape index (κ1) is 23.0. The predicted molar refractivity (Wildman–Crippen MR) is 140 cm³/mol. The van der Waals surface area contributed by atoms with Gasteiger partial charge in [-0.1, -0.05) is 47.5 Å². The second-order valence-corrected chi connectivity index (χ2v) is 9.05. The summed E-state index contributed by atoms with van der Waals surface area (Å²) in [5, 5.41) is 9.64. The molecule has 0 saturated heterocycles. The zero-order valence-corrected chi connectivity index (χ0v) is 20.6. The van der Waals surface area contributed by atoms with E-state index in [2.05, 4.69) is 15.4 Å². The van der Waals surface area contributed by atoms with Crippen molar-refractivity contribution in [2.24, 2.45) is 0 Å². The number of hydrogen-bond acceptors (Lipinski definition) is 4. The Balaban J connectivity index is 1.50. The summed E-state index contributed by atoms with van der Waals surface area (Å²) in [6.45, 7) is 4.26. The topological polar surface area (TPSA) is 72.7 Å². The van der Waals surface area contributed by atoms with Gasteiger partial charge in [0.1, 0.15) is 0 Å². The molecule has 0 aliphatic carbocycles. The fourth-order valence-electron chi connectivity index (χ4n) is 4.06. The van der Waals surface area contributed by atoms with Crippen LogP contribution in [0.2, 0.25) is 10.0 Å². The summed E-state index contributed by atoms with van der Waals surface area (Å²) in [6, 6.07) is 18.6. The van der Waals surface area contributed by atoms with E-state index in [-0.39, 0.29) is 5.91 Å². The molecule has 0 aliphatic rings. The Hall–Kier alpha value is -3.74. The van der Waals surface area contributed by atoms with Crippen molar-refractivity contribution in [3.05, 3.63) is 106 Å². The van der Waals surface area contributed by atoms with Crippen LogP contribution in [-0.4, -0.2) is 25.7 Å². The predicted octanol–water partition coefficient (Wildman–Crippen LogP) is 6.72. The Bertz CT molecular complexity index is 1560. The van der Waals surface area contributed by atoms with Crippen molar-refractivity contribution in [2.75, 3.05) is 5.32 Å². The number of anilines is 1. The molecular weight excluding hydrogens is 481 g/mol. The van der Waals surface area contributed by atoms with Gasteiger partial charge >= 0.3 is 0 Å². The first-order valence-corrected chi connectivity index (χ1v) is 11.8. The summed E-state index contributed by atoms with van der Waals surface area (Å²) in [5.41, 5.74) is 5.98. The number of aryl methyl sites for hydroxylation is 1. The SMILES string of the molecule is Cc1nn(Cc2ccc(Cl)cc2Cl)c(C)c1NC(=O)c1cc(-c2ccncc2)nc2ccccc12. The molecule has 174 valence electrons. The highest BCUT2D eigenvalue weighted by Crippen LogP contribution is 2.28.